The van der Waals surface area contributed by atoms with E-state index in [-0.39, 0.29) is 12.7 Å². The molecule has 1 aliphatic heterocycles. The Morgan fingerprint density at radius 1 is 1.26 bits per heavy atom. The third-order valence-corrected chi connectivity index (χ3v) is 2.48. The lowest BCUT2D eigenvalue weighted by atomic mass is 10.2. The summed E-state index contributed by atoms with van der Waals surface area (Å²) in [7, 11) is 0. The van der Waals surface area contributed by atoms with Gasteiger partial charge in [-0.1, -0.05) is 6.07 Å². The zero-order valence-electron chi connectivity index (χ0n) is 9.81. The van der Waals surface area contributed by atoms with Crippen molar-refractivity contribution in [1.29, 1.82) is 0 Å². The topological polar surface area (TPSA) is 78.3 Å². The number of hydrogen-bond acceptors (Lipinski definition) is 5. The monoisotopic (exact) mass is 258 g/mol. The number of carbonyl (C=O) groups excluding carboxylic acids is 1. The molecular weight excluding hydrogens is 248 g/mol. The molecule has 19 heavy (non-hydrogen) atoms. The van der Waals surface area contributed by atoms with Crippen LogP contribution >= 0.6 is 0 Å². The summed E-state index contributed by atoms with van der Waals surface area (Å²) in [5, 5.41) is 7.15. The van der Waals surface area contributed by atoms with Gasteiger partial charge in [0.2, 0.25) is 6.79 Å². The molecule has 0 fully saturated rings. The number of nitrogens with zero attached hydrogens (tertiary/aromatic N) is 3. The van der Waals surface area contributed by atoms with Crippen molar-refractivity contribution < 1.29 is 14.3 Å². The summed E-state index contributed by atoms with van der Waals surface area (Å²) < 4.78 is 11.8. The van der Waals surface area contributed by atoms with Gasteiger partial charge in [0, 0.05) is 6.08 Å². The first-order valence-corrected chi connectivity index (χ1v) is 5.54. The summed E-state index contributed by atoms with van der Waals surface area (Å²) in [6.45, 7) is 0.233. The predicted octanol–water partition coefficient (Wildman–Crippen LogP) is 0.790. The number of fused-ring (bicyclic) bond motifs is 1. The van der Waals surface area contributed by atoms with Crippen molar-refractivity contribution in [3.63, 3.8) is 0 Å². The van der Waals surface area contributed by atoms with Gasteiger partial charge in [-0.15, -0.1) is 10.2 Å². The van der Waals surface area contributed by atoms with Gasteiger partial charge in [-0.05, 0) is 23.8 Å². The predicted molar refractivity (Wildman–Crippen MR) is 66.0 cm³/mol. The van der Waals surface area contributed by atoms with Crippen molar-refractivity contribution in [3.05, 3.63) is 42.5 Å². The van der Waals surface area contributed by atoms with Crippen LogP contribution in [0.4, 0.5) is 0 Å². The standard InChI is InChI=1S/C12H10N4O3/c17-12(15-16-6-13-14-7-16)4-2-9-1-3-10-11(5-9)19-8-18-10/h1-7H,8H2,(H,15,17)/b4-2+. The summed E-state index contributed by atoms with van der Waals surface area (Å²) in [5.74, 6) is 1.12. The molecule has 96 valence electrons. The minimum Gasteiger partial charge on any atom is -0.454 e. The fourth-order valence-corrected chi connectivity index (χ4v) is 1.61. The molecule has 0 spiro atoms. The van der Waals surface area contributed by atoms with E-state index in [1.54, 1.807) is 12.1 Å². The quantitative estimate of drug-likeness (QED) is 0.823. The molecule has 0 bridgehead atoms. The van der Waals surface area contributed by atoms with Gasteiger partial charge in [0.15, 0.2) is 11.5 Å². The van der Waals surface area contributed by atoms with E-state index in [4.69, 9.17) is 9.47 Å². The second kappa shape index (κ2) is 4.81. The van der Waals surface area contributed by atoms with Gasteiger partial charge in [-0.3, -0.25) is 10.2 Å². The van der Waals surface area contributed by atoms with Crippen molar-refractivity contribution in [1.82, 2.24) is 14.9 Å². The molecule has 0 atom stereocenters. The first-order chi connectivity index (χ1) is 9.31. The van der Waals surface area contributed by atoms with Crippen LogP contribution < -0.4 is 14.9 Å². The maximum absolute atomic E-state index is 11.6. The third kappa shape index (κ3) is 2.54. The van der Waals surface area contributed by atoms with Crippen molar-refractivity contribution >= 4 is 12.0 Å². The lowest BCUT2D eigenvalue weighted by molar-refractivity contribution is -0.112. The summed E-state index contributed by atoms with van der Waals surface area (Å²) in [4.78, 5) is 11.6. The number of ether oxygens (including phenoxy) is 2. The average Bonchev–Trinajstić information content (AvgIpc) is 3.06. The second-order valence-electron chi connectivity index (χ2n) is 3.79. The van der Waals surface area contributed by atoms with Crippen molar-refractivity contribution in [2.75, 3.05) is 12.2 Å². The molecule has 0 saturated heterocycles. The van der Waals surface area contributed by atoms with Crippen LogP contribution in [-0.4, -0.2) is 27.6 Å². The third-order valence-electron chi connectivity index (χ3n) is 2.48. The molecule has 7 heteroatoms. The van der Waals surface area contributed by atoms with Crippen LogP contribution in [0.25, 0.3) is 6.08 Å². The number of amides is 1. The van der Waals surface area contributed by atoms with E-state index in [0.717, 1.165) is 5.56 Å². The van der Waals surface area contributed by atoms with Crippen LogP contribution in [0.15, 0.2) is 36.9 Å². The molecule has 7 nitrogen and oxygen atoms in total. The molecule has 0 aliphatic carbocycles. The SMILES string of the molecule is O=C(/C=C/c1ccc2c(c1)OCO2)Nn1cnnc1. The smallest absolute Gasteiger partial charge is 0.262 e. The second-order valence-corrected chi connectivity index (χ2v) is 3.79. The number of carbonyl (C=O) groups is 1. The Hall–Kier alpha value is -2.83. The van der Waals surface area contributed by atoms with E-state index >= 15 is 0 Å². The molecule has 1 aromatic carbocycles. The van der Waals surface area contributed by atoms with Gasteiger partial charge in [-0.2, -0.15) is 0 Å². The van der Waals surface area contributed by atoms with E-state index in [9.17, 15) is 4.79 Å². The van der Waals surface area contributed by atoms with Crippen LogP contribution in [0.3, 0.4) is 0 Å². The minimum absolute atomic E-state index is 0.233. The summed E-state index contributed by atoms with van der Waals surface area (Å²) in [6, 6.07) is 5.46. The molecule has 0 unspecified atom stereocenters. The highest BCUT2D eigenvalue weighted by atomic mass is 16.7. The maximum atomic E-state index is 11.6. The van der Waals surface area contributed by atoms with Gasteiger partial charge in [0.25, 0.3) is 5.91 Å². The van der Waals surface area contributed by atoms with Crippen LogP contribution in [0.5, 0.6) is 11.5 Å². The van der Waals surface area contributed by atoms with Crippen molar-refractivity contribution in [3.8, 4) is 11.5 Å². The highest BCUT2D eigenvalue weighted by molar-refractivity contribution is 5.97. The fourth-order valence-electron chi connectivity index (χ4n) is 1.61. The van der Waals surface area contributed by atoms with Gasteiger partial charge >= 0.3 is 0 Å². The lowest BCUT2D eigenvalue weighted by Crippen LogP contribution is -2.18. The van der Waals surface area contributed by atoms with Crippen LogP contribution in [-0.2, 0) is 4.79 Å². The Morgan fingerprint density at radius 2 is 2.05 bits per heavy atom. The minimum atomic E-state index is -0.280. The summed E-state index contributed by atoms with van der Waals surface area (Å²) in [5.41, 5.74) is 3.40. The number of benzene rings is 1. The van der Waals surface area contributed by atoms with Crippen LogP contribution in [0, 0.1) is 0 Å². The van der Waals surface area contributed by atoms with Crippen LogP contribution in [0.2, 0.25) is 0 Å². The first-order valence-electron chi connectivity index (χ1n) is 5.54. The largest absolute Gasteiger partial charge is 0.454 e. The average molecular weight is 258 g/mol. The van der Waals surface area contributed by atoms with Crippen molar-refractivity contribution in [2.45, 2.75) is 0 Å². The zero-order chi connectivity index (χ0) is 13.1. The number of aromatic nitrogens is 3. The first kappa shape index (κ1) is 11.3. The number of nitrogens with one attached hydrogen (secondary N) is 1. The lowest BCUT2D eigenvalue weighted by Gasteiger charge is -2.00. The zero-order valence-corrected chi connectivity index (χ0v) is 9.81. The molecule has 3 rings (SSSR count). The molecule has 2 heterocycles. The maximum Gasteiger partial charge on any atom is 0.262 e. The van der Waals surface area contributed by atoms with Gasteiger partial charge < -0.3 is 9.47 Å². The van der Waals surface area contributed by atoms with E-state index in [1.165, 1.54) is 23.4 Å². The summed E-state index contributed by atoms with van der Waals surface area (Å²) in [6.07, 6.45) is 5.89. The number of hydrogen-bond donors (Lipinski definition) is 1. The molecule has 0 saturated carbocycles. The Balaban J connectivity index is 1.67. The molecule has 1 aromatic heterocycles. The highest BCUT2D eigenvalue weighted by Crippen LogP contribution is 2.32. The van der Waals surface area contributed by atoms with Gasteiger partial charge in [0.05, 0.1) is 0 Å². The molecule has 2 aromatic rings. The fraction of sp³-hybridized carbons (Fsp3) is 0.0833. The van der Waals surface area contributed by atoms with Gasteiger partial charge in [-0.25, -0.2) is 4.68 Å². The molecule has 1 N–H and O–H groups in total. The molecular formula is C12H10N4O3. The van der Waals surface area contributed by atoms with E-state index in [0.29, 0.717) is 11.5 Å². The van der Waals surface area contributed by atoms with E-state index in [1.807, 2.05) is 12.1 Å². The molecule has 1 aliphatic rings. The van der Waals surface area contributed by atoms with E-state index < -0.39 is 0 Å². The Bertz CT molecular complexity index is 622. The van der Waals surface area contributed by atoms with Crippen LogP contribution in [0.1, 0.15) is 5.56 Å². The molecule has 0 radical (unpaired) electrons. The Morgan fingerprint density at radius 3 is 2.89 bits per heavy atom. The normalized spacial score (nSPS) is 12.8. The number of rotatable bonds is 3. The summed E-state index contributed by atoms with van der Waals surface area (Å²) >= 11 is 0. The van der Waals surface area contributed by atoms with E-state index in [2.05, 4.69) is 15.6 Å². The van der Waals surface area contributed by atoms with Gasteiger partial charge in [0.1, 0.15) is 12.7 Å². The highest BCUT2D eigenvalue weighted by Gasteiger charge is 2.12. The molecule has 1 amide bonds. The Labute approximate surface area is 108 Å². The van der Waals surface area contributed by atoms with Crippen molar-refractivity contribution in [2.24, 2.45) is 0 Å². The Kier molecular flexibility index (Phi) is 2.85.